The molecule has 2 amide bonds. The molecule has 1 atom stereocenters. The molecule has 1 unspecified atom stereocenters. The second-order valence-electron chi connectivity index (χ2n) is 6.34. The van der Waals surface area contributed by atoms with Crippen LogP contribution < -0.4 is 10.6 Å². The van der Waals surface area contributed by atoms with Gasteiger partial charge < -0.3 is 10.6 Å². The Labute approximate surface area is 162 Å². The van der Waals surface area contributed by atoms with Crippen LogP contribution in [0, 0.1) is 5.82 Å². The lowest BCUT2D eigenvalue weighted by Gasteiger charge is -2.14. The van der Waals surface area contributed by atoms with E-state index in [-0.39, 0.29) is 30.0 Å². The van der Waals surface area contributed by atoms with E-state index in [0.717, 1.165) is 11.1 Å². The number of halogens is 1. The standard InChI is InChI=1S/C22H20FN3O2/c1-15(17-5-3-2-4-6-17)26-21(27)18-11-12-24-20(13-18)22(28)25-14-16-7-9-19(23)10-8-16/h2-13,15H,14H2,1H3,(H,25,28)(H,26,27). The third-order valence-corrected chi connectivity index (χ3v) is 4.27. The highest BCUT2D eigenvalue weighted by molar-refractivity contribution is 5.98. The van der Waals surface area contributed by atoms with E-state index >= 15 is 0 Å². The second-order valence-corrected chi connectivity index (χ2v) is 6.34. The molecular weight excluding hydrogens is 357 g/mol. The van der Waals surface area contributed by atoms with Crippen molar-refractivity contribution in [2.45, 2.75) is 19.5 Å². The molecule has 0 spiro atoms. The fraction of sp³-hybridized carbons (Fsp3) is 0.136. The van der Waals surface area contributed by atoms with Gasteiger partial charge in [0.1, 0.15) is 11.5 Å². The van der Waals surface area contributed by atoms with E-state index in [0.29, 0.717) is 5.56 Å². The van der Waals surface area contributed by atoms with Crippen molar-refractivity contribution >= 4 is 11.8 Å². The molecule has 6 heteroatoms. The van der Waals surface area contributed by atoms with Crippen LogP contribution in [0.2, 0.25) is 0 Å². The molecule has 0 aliphatic rings. The summed E-state index contributed by atoms with van der Waals surface area (Å²) in [7, 11) is 0. The maximum atomic E-state index is 12.9. The second kappa shape index (κ2) is 8.90. The molecule has 0 saturated carbocycles. The van der Waals surface area contributed by atoms with Crippen LogP contribution in [0.15, 0.2) is 72.9 Å². The summed E-state index contributed by atoms with van der Waals surface area (Å²) in [6.45, 7) is 2.13. The summed E-state index contributed by atoms with van der Waals surface area (Å²) in [6.07, 6.45) is 1.43. The topological polar surface area (TPSA) is 71.1 Å². The Hall–Kier alpha value is -3.54. The van der Waals surface area contributed by atoms with Crippen LogP contribution in [0.4, 0.5) is 4.39 Å². The zero-order valence-electron chi connectivity index (χ0n) is 15.4. The highest BCUT2D eigenvalue weighted by Gasteiger charge is 2.14. The minimum atomic E-state index is -0.407. The minimum absolute atomic E-state index is 0.141. The summed E-state index contributed by atoms with van der Waals surface area (Å²) >= 11 is 0. The lowest BCUT2D eigenvalue weighted by Crippen LogP contribution is -2.28. The van der Waals surface area contributed by atoms with Crippen LogP contribution >= 0.6 is 0 Å². The van der Waals surface area contributed by atoms with Crippen molar-refractivity contribution in [1.82, 2.24) is 15.6 Å². The molecule has 1 heterocycles. The van der Waals surface area contributed by atoms with Gasteiger partial charge in [-0.1, -0.05) is 42.5 Å². The number of hydrogen-bond donors (Lipinski definition) is 2. The molecule has 3 aromatic rings. The molecule has 0 saturated heterocycles. The third kappa shape index (κ3) is 5.01. The van der Waals surface area contributed by atoms with E-state index in [2.05, 4.69) is 15.6 Å². The monoisotopic (exact) mass is 377 g/mol. The lowest BCUT2D eigenvalue weighted by atomic mass is 10.1. The molecule has 1 aromatic heterocycles. The van der Waals surface area contributed by atoms with Crippen LogP contribution in [0.1, 0.15) is 44.9 Å². The van der Waals surface area contributed by atoms with Gasteiger partial charge in [-0.25, -0.2) is 4.39 Å². The fourth-order valence-electron chi connectivity index (χ4n) is 2.68. The Balaban J connectivity index is 1.63. The van der Waals surface area contributed by atoms with Crippen LogP contribution in [-0.4, -0.2) is 16.8 Å². The van der Waals surface area contributed by atoms with Gasteiger partial charge in [0.25, 0.3) is 11.8 Å². The number of carbonyl (C=O) groups is 2. The van der Waals surface area contributed by atoms with Crippen molar-refractivity contribution in [2.75, 3.05) is 0 Å². The average Bonchev–Trinajstić information content (AvgIpc) is 2.73. The minimum Gasteiger partial charge on any atom is -0.347 e. The Bertz CT molecular complexity index is 959. The van der Waals surface area contributed by atoms with Gasteiger partial charge in [-0.05, 0) is 42.3 Å². The number of rotatable bonds is 6. The van der Waals surface area contributed by atoms with Gasteiger partial charge in [0.2, 0.25) is 0 Å². The van der Waals surface area contributed by atoms with Crippen LogP contribution in [0.3, 0.4) is 0 Å². The van der Waals surface area contributed by atoms with Crippen LogP contribution in [0.25, 0.3) is 0 Å². The third-order valence-electron chi connectivity index (χ3n) is 4.27. The van der Waals surface area contributed by atoms with Gasteiger partial charge >= 0.3 is 0 Å². The Kier molecular flexibility index (Phi) is 6.11. The normalized spacial score (nSPS) is 11.5. The number of amides is 2. The molecule has 0 aliphatic heterocycles. The van der Waals surface area contributed by atoms with E-state index in [1.54, 1.807) is 18.2 Å². The summed E-state index contributed by atoms with van der Waals surface area (Å²) in [4.78, 5) is 28.9. The number of hydrogen-bond acceptors (Lipinski definition) is 3. The van der Waals surface area contributed by atoms with E-state index < -0.39 is 5.91 Å². The first-order valence-electron chi connectivity index (χ1n) is 8.87. The molecule has 142 valence electrons. The summed E-state index contributed by atoms with van der Waals surface area (Å²) < 4.78 is 12.9. The predicted molar refractivity (Wildman–Crippen MR) is 104 cm³/mol. The zero-order valence-corrected chi connectivity index (χ0v) is 15.4. The van der Waals surface area contributed by atoms with Gasteiger partial charge in [-0.2, -0.15) is 0 Å². The van der Waals surface area contributed by atoms with Crippen molar-refractivity contribution in [1.29, 1.82) is 0 Å². The van der Waals surface area contributed by atoms with Crippen molar-refractivity contribution in [3.8, 4) is 0 Å². The van der Waals surface area contributed by atoms with Crippen LogP contribution in [-0.2, 0) is 6.54 Å². The maximum absolute atomic E-state index is 12.9. The molecule has 0 aliphatic carbocycles. The number of aromatic nitrogens is 1. The van der Waals surface area contributed by atoms with Crippen molar-refractivity contribution in [3.05, 3.63) is 101 Å². The highest BCUT2D eigenvalue weighted by Crippen LogP contribution is 2.13. The molecule has 0 radical (unpaired) electrons. The van der Waals surface area contributed by atoms with E-state index in [1.807, 2.05) is 37.3 Å². The van der Waals surface area contributed by atoms with Gasteiger partial charge in [0.05, 0.1) is 6.04 Å². The van der Waals surface area contributed by atoms with E-state index in [9.17, 15) is 14.0 Å². The number of nitrogens with zero attached hydrogens (tertiary/aromatic N) is 1. The first-order valence-corrected chi connectivity index (χ1v) is 8.87. The van der Waals surface area contributed by atoms with Gasteiger partial charge in [-0.15, -0.1) is 0 Å². The molecule has 5 nitrogen and oxygen atoms in total. The molecular formula is C22H20FN3O2. The fourth-order valence-corrected chi connectivity index (χ4v) is 2.68. The lowest BCUT2D eigenvalue weighted by molar-refractivity contribution is 0.0939. The van der Waals surface area contributed by atoms with Crippen molar-refractivity contribution in [2.24, 2.45) is 0 Å². The van der Waals surface area contributed by atoms with Gasteiger partial charge in [0, 0.05) is 18.3 Å². The van der Waals surface area contributed by atoms with E-state index in [1.165, 1.54) is 24.4 Å². The molecule has 0 bridgehead atoms. The SMILES string of the molecule is CC(NC(=O)c1ccnc(C(=O)NCc2ccc(F)cc2)c1)c1ccccc1. The molecule has 3 rings (SSSR count). The summed E-state index contributed by atoms with van der Waals surface area (Å²) in [6, 6.07) is 18.3. The first-order chi connectivity index (χ1) is 13.5. The highest BCUT2D eigenvalue weighted by atomic mass is 19.1. The smallest absolute Gasteiger partial charge is 0.270 e. The Morgan fingerprint density at radius 3 is 2.43 bits per heavy atom. The number of carbonyl (C=O) groups excluding carboxylic acids is 2. The van der Waals surface area contributed by atoms with Gasteiger partial charge in [-0.3, -0.25) is 14.6 Å². The number of pyridine rings is 1. The predicted octanol–water partition coefficient (Wildman–Crippen LogP) is 3.64. The van der Waals surface area contributed by atoms with Crippen molar-refractivity contribution < 1.29 is 14.0 Å². The summed E-state index contributed by atoms with van der Waals surface area (Å²) in [5, 5.41) is 5.62. The number of benzene rings is 2. The van der Waals surface area contributed by atoms with E-state index in [4.69, 9.17) is 0 Å². The van der Waals surface area contributed by atoms with Gasteiger partial charge in [0.15, 0.2) is 0 Å². The summed E-state index contributed by atoms with van der Waals surface area (Å²) in [5.41, 5.74) is 2.24. The quantitative estimate of drug-likeness (QED) is 0.689. The number of nitrogens with one attached hydrogen (secondary N) is 2. The Morgan fingerprint density at radius 2 is 1.71 bits per heavy atom. The first kappa shape index (κ1) is 19.2. The molecule has 0 fully saturated rings. The largest absolute Gasteiger partial charge is 0.347 e. The molecule has 2 N–H and O–H groups in total. The van der Waals surface area contributed by atoms with Crippen LogP contribution in [0.5, 0.6) is 0 Å². The molecule has 28 heavy (non-hydrogen) atoms. The molecule has 2 aromatic carbocycles. The average molecular weight is 377 g/mol. The maximum Gasteiger partial charge on any atom is 0.270 e. The van der Waals surface area contributed by atoms with Crippen molar-refractivity contribution in [3.63, 3.8) is 0 Å². The Morgan fingerprint density at radius 1 is 1.00 bits per heavy atom. The zero-order chi connectivity index (χ0) is 19.9. The summed E-state index contributed by atoms with van der Waals surface area (Å²) in [5.74, 6) is -1.03.